The van der Waals surface area contributed by atoms with Crippen LogP contribution in [0.5, 0.6) is 0 Å². The number of carbonyl (C=O) groups is 1. The first-order valence-corrected chi connectivity index (χ1v) is 6.46. The van der Waals surface area contributed by atoms with Gasteiger partial charge < -0.3 is 5.73 Å². The predicted octanol–water partition coefficient (Wildman–Crippen LogP) is 3.19. The first kappa shape index (κ1) is 13.1. The van der Waals surface area contributed by atoms with Gasteiger partial charge in [0.05, 0.1) is 16.6 Å². The molecule has 1 aromatic heterocycles. The zero-order valence-electron chi connectivity index (χ0n) is 9.48. The van der Waals surface area contributed by atoms with E-state index in [1.807, 2.05) is 0 Å². The third-order valence-corrected chi connectivity index (χ3v) is 3.69. The third kappa shape index (κ3) is 2.43. The van der Waals surface area contributed by atoms with Gasteiger partial charge in [0.2, 0.25) is 5.78 Å². The summed E-state index contributed by atoms with van der Waals surface area (Å²) in [5, 5.41) is 2.27. The molecule has 0 fully saturated rings. The molecule has 0 aliphatic heterocycles. The molecule has 2 N–H and O–H groups in total. The maximum absolute atomic E-state index is 13.6. The van der Waals surface area contributed by atoms with Crippen LogP contribution in [0.3, 0.4) is 0 Å². The minimum atomic E-state index is -0.650. The summed E-state index contributed by atoms with van der Waals surface area (Å²) < 4.78 is 13.6. The van der Waals surface area contributed by atoms with Gasteiger partial charge in [-0.3, -0.25) is 4.79 Å². The molecule has 0 amide bonds. The van der Waals surface area contributed by atoms with Crippen LogP contribution in [0, 0.1) is 5.82 Å². The van der Waals surface area contributed by atoms with Crippen LogP contribution >= 0.6 is 22.9 Å². The van der Waals surface area contributed by atoms with Gasteiger partial charge in [-0.1, -0.05) is 17.7 Å². The molecular formula is C12H10ClFN2OS. The summed E-state index contributed by atoms with van der Waals surface area (Å²) in [4.78, 5) is 16.2. The molecule has 6 heteroatoms. The SMILES string of the molecule is CC(N)c1nc(C(=O)c2c(F)cccc2Cl)cs1. The summed E-state index contributed by atoms with van der Waals surface area (Å²) in [6.45, 7) is 1.77. The summed E-state index contributed by atoms with van der Waals surface area (Å²) in [7, 11) is 0. The van der Waals surface area contributed by atoms with Crippen molar-refractivity contribution < 1.29 is 9.18 Å². The number of nitrogens with two attached hydrogens (primary N) is 1. The molecule has 2 aromatic rings. The van der Waals surface area contributed by atoms with Gasteiger partial charge in [-0.15, -0.1) is 11.3 Å². The monoisotopic (exact) mass is 284 g/mol. The first-order valence-electron chi connectivity index (χ1n) is 5.20. The fourth-order valence-electron chi connectivity index (χ4n) is 1.44. The zero-order valence-corrected chi connectivity index (χ0v) is 11.1. The second-order valence-electron chi connectivity index (χ2n) is 3.79. The van der Waals surface area contributed by atoms with Crippen molar-refractivity contribution in [2.75, 3.05) is 0 Å². The van der Waals surface area contributed by atoms with Crippen LogP contribution in [0.2, 0.25) is 5.02 Å². The average Bonchev–Trinajstić information content (AvgIpc) is 2.77. The molecule has 2 rings (SSSR count). The van der Waals surface area contributed by atoms with Crippen LogP contribution in [-0.2, 0) is 0 Å². The Morgan fingerprint density at radius 2 is 2.28 bits per heavy atom. The fraction of sp³-hybridized carbons (Fsp3) is 0.167. The Labute approximate surface area is 112 Å². The van der Waals surface area contributed by atoms with Crippen molar-refractivity contribution in [3.8, 4) is 0 Å². The normalized spacial score (nSPS) is 12.4. The van der Waals surface area contributed by atoms with E-state index in [9.17, 15) is 9.18 Å². The lowest BCUT2D eigenvalue weighted by Crippen LogP contribution is -2.08. The molecule has 3 nitrogen and oxygen atoms in total. The number of halogens is 2. The number of hydrogen-bond donors (Lipinski definition) is 1. The molecule has 1 heterocycles. The largest absolute Gasteiger partial charge is 0.322 e. The molecule has 0 aliphatic rings. The second-order valence-corrected chi connectivity index (χ2v) is 5.08. The molecule has 1 atom stereocenters. The fourth-order valence-corrected chi connectivity index (χ4v) is 2.45. The summed E-state index contributed by atoms with van der Waals surface area (Å²) in [6.07, 6.45) is 0. The number of hydrogen-bond acceptors (Lipinski definition) is 4. The first-order chi connectivity index (χ1) is 8.50. The lowest BCUT2D eigenvalue weighted by Gasteiger charge is -2.02. The van der Waals surface area contributed by atoms with E-state index >= 15 is 0 Å². The Kier molecular flexibility index (Phi) is 3.75. The number of benzene rings is 1. The van der Waals surface area contributed by atoms with Crippen molar-refractivity contribution in [2.45, 2.75) is 13.0 Å². The molecule has 0 saturated heterocycles. The van der Waals surface area contributed by atoms with Crippen LogP contribution in [0.1, 0.15) is 34.0 Å². The lowest BCUT2D eigenvalue weighted by atomic mass is 10.1. The minimum Gasteiger partial charge on any atom is -0.322 e. The Morgan fingerprint density at radius 3 is 2.83 bits per heavy atom. The summed E-state index contributed by atoms with van der Waals surface area (Å²) in [5.41, 5.74) is 5.68. The van der Waals surface area contributed by atoms with Crippen LogP contribution < -0.4 is 5.73 Å². The van der Waals surface area contributed by atoms with Gasteiger partial charge in [-0.2, -0.15) is 0 Å². The van der Waals surface area contributed by atoms with E-state index in [0.717, 1.165) is 0 Å². The molecule has 94 valence electrons. The molecule has 0 bridgehead atoms. The highest BCUT2D eigenvalue weighted by Crippen LogP contribution is 2.24. The number of aromatic nitrogens is 1. The van der Waals surface area contributed by atoms with Gasteiger partial charge in [0.15, 0.2) is 0 Å². The van der Waals surface area contributed by atoms with Gasteiger partial charge in [-0.05, 0) is 19.1 Å². The summed E-state index contributed by atoms with van der Waals surface area (Å²) in [5.74, 6) is -1.18. The highest BCUT2D eigenvalue weighted by Gasteiger charge is 2.20. The maximum atomic E-state index is 13.6. The highest BCUT2D eigenvalue weighted by atomic mass is 35.5. The van der Waals surface area contributed by atoms with Crippen molar-refractivity contribution >= 4 is 28.7 Å². The standard InChI is InChI=1S/C12H10ClFN2OS/c1-6(15)12-16-9(5-18-12)11(17)10-7(13)3-2-4-8(10)14/h2-6H,15H2,1H3. The molecule has 0 saturated carbocycles. The molecular weight excluding hydrogens is 275 g/mol. The van der Waals surface area contributed by atoms with Crippen LogP contribution in [0.4, 0.5) is 4.39 Å². The quantitative estimate of drug-likeness (QED) is 0.881. The summed E-state index contributed by atoms with van der Waals surface area (Å²) in [6, 6.07) is 3.85. The summed E-state index contributed by atoms with van der Waals surface area (Å²) >= 11 is 7.10. The number of rotatable bonds is 3. The number of thiazole rings is 1. The zero-order chi connectivity index (χ0) is 13.3. The van der Waals surface area contributed by atoms with Gasteiger partial charge in [-0.25, -0.2) is 9.37 Å². The molecule has 1 aromatic carbocycles. The Balaban J connectivity index is 2.42. The van der Waals surface area contributed by atoms with E-state index < -0.39 is 11.6 Å². The minimum absolute atomic E-state index is 0.0790. The molecule has 0 radical (unpaired) electrons. The van der Waals surface area contributed by atoms with E-state index in [0.29, 0.717) is 5.01 Å². The van der Waals surface area contributed by atoms with E-state index in [1.54, 1.807) is 12.3 Å². The molecule has 0 aliphatic carbocycles. The molecule has 18 heavy (non-hydrogen) atoms. The van der Waals surface area contributed by atoms with Gasteiger partial charge in [0.1, 0.15) is 16.5 Å². The highest BCUT2D eigenvalue weighted by molar-refractivity contribution is 7.09. The van der Waals surface area contributed by atoms with Crippen LogP contribution in [-0.4, -0.2) is 10.8 Å². The van der Waals surface area contributed by atoms with Crippen molar-refractivity contribution in [2.24, 2.45) is 5.73 Å². The topological polar surface area (TPSA) is 56.0 Å². The van der Waals surface area contributed by atoms with Crippen LogP contribution in [0.15, 0.2) is 23.6 Å². The number of ketones is 1. The predicted molar refractivity (Wildman–Crippen MR) is 69.6 cm³/mol. The van der Waals surface area contributed by atoms with Crippen LogP contribution in [0.25, 0.3) is 0 Å². The Morgan fingerprint density at radius 1 is 1.56 bits per heavy atom. The molecule has 0 spiro atoms. The number of nitrogens with zero attached hydrogens (tertiary/aromatic N) is 1. The smallest absolute Gasteiger partial charge is 0.216 e. The van der Waals surface area contributed by atoms with E-state index in [2.05, 4.69) is 4.98 Å². The van der Waals surface area contributed by atoms with Crippen molar-refractivity contribution in [1.82, 2.24) is 4.98 Å². The van der Waals surface area contributed by atoms with Gasteiger partial charge >= 0.3 is 0 Å². The molecule has 1 unspecified atom stereocenters. The third-order valence-electron chi connectivity index (χ3n) is 2.33. The maximum Gasteiger partial charge on any atom is 0.216 e. The lowest BCUT2D eigenvalue weighted by molar-refractivity contribution is 0.103. The second kappa shape index (κ2) is 5.14. The Bertz CT molecular complexity index is 577. The van der Waals surface area contributed by atoms with E-state index in [-0.39, 0.29) is 22.3 Å². The Hall–Kier alpha value is -1.30. The van der Waals surface area contributed by atoms with Gasteiger partial charge in [0.25, 0.3) is 0 Å². The van der Waals surface area contributed by atoms with E-state index in [4.69, 9.17) is 17.3 Å². The van der Waals surface area contributed by atoms with Crippen molar-refractivity contribution in [1.29, 1.82) is 0 Å². The number of carbonyl (C=O) groups excluding carboxylic acids is 1. The van der Waals surface area contributed by atoms with Crippen molar-refractivity contribution in [3.63, 3.8) is 0 Å². The average molecular weight is 285 g/mol. The van der Waals surface area contributed by atoms with E-state index in [1.165, 1.54) is 29.5 Å². The van der Waals surface area contributed by atoms with Crippen molar-refractivity contribution in [3.05, 3.63) is 50.7 Å². The van der Waals surface area contributed by atoms with Gasteiger partial charge in [0, 0.05) is 5.38 Å².